The van der Waals surface area contributed by atoms with Crippen molar-refractivity contribution >= 4 is 35.0 Å². The Morgan fingerprint density at radius 2 is 1.70 bits per heavy atom. The molecule has 0 spiro atoms. The summed E-state index contributed by atoms with van der Waals surface area (Å²) in [6.07, 6.45) is -2.99. The Morgan fingerprint density at radius 1 is 1.15 bits per heavy atom. The summed E-state index contributed by atoms with van der Waals surface area (Å²) in [5.41, 5.74) is -0.0481. The minimum Gasteiger partial charge on any atom is -0.438 e. The average Bonchev–Trinajstić information content (AvgIpc) is 2.80. The minimum atomic E-state index is -4.53. The molecule has 2 aromatic rings. The van der Waals surface area contributed by atoms with Gasteiger partial charge < -0.3 is 4.74 Å². The van der Waals surface area contributed by atoms with E-state index in [0.717, 1.165) is 23.4 Å². The molecule has 0 aliphatic heterocycles. The number of pyridine rings is 1. The fourth-order valence-electron chi connectivity index (χ4n) is 2.10. The second-order valence-corrected chi connectivity index (χ2v) is 7.26. The first-order valence-corrected chi connectivity index (χ1v) is 11.8. The van der Waals surface area contributed by atoms with Crippen molar-refractivity contribution in [3.63, 3.8) is 0 Å². The SMILES string of the molecule is CC.CC.CC.CC(Cc1ccc(Oc2ncc(C(F)(F)F)cc2Cl)cc1)SC(=O)NC=O. The summed E-state index contributed by atoms with van der Waals surface area (Å²) in [4.78, 5) is 25.1. The zero-order chi connectivity index (χ0) is 26.0. The highest BCUT2D eigenvalue weighted by Crippen LogP contribution is 2.34. The number of hydrogen-bond donors (Lipinski definition) is 1. The molecule has 186 valence electrons. The van der Waals surface area contributed by atoms with Crippen LogP contribution < -0.4 is 10.1 Å². The van der Waals surface area contributed by atoms with E-state index in [2.05, 4.69) is 10.3 Å². The Bertz CT molecular complexity index is 820. The molecule has 1 heterocycles. The number of carbonyl (C=O) groups excluding carboxylic acids is 2. The maximum Gasteiger partial charge on any atom is 0.417 e. The van der Waals surface area contributed by atoms with Crippen LogP contribution in [0.4, 0.5) is 18.0 Å². The van der Waals surface area contributed by atoms with Gasteiger partial charge in [0.25, 0.3) is 5.24 Å². The van der Waals surface area contributed by atoms with Gasteiger partial charge in [0, 0.05) is 11.4 Å². The van der Waals surface area contributed by atoms with Gasteiger partial charge in [-0.25, -0.2) is 4.98 Å². The van der Waals surface area contributed by atoms with Crippen molar-refractivity contribution in [3.8, 4) is 11.6 Å². The standard InChI is InChI=1S/C17H14ClF3N2O3S.3C2H6/c1-10(27-16(25)23-9-24)6-11-2-4-13(5-3-11)26-15-14(18)7-12(8-22-15)17(19,20)21;3*1-2/h2-5,7-10H,6H2,1H3,(H,23,24,25);3*1-2H3. The summed E-state index contributed by atoms with van der Waals surface area (Å²) in [5, 5.41) is 1.30. The van der Waals surface area contributed by atoms with E-state index in [1.54, 1.807) is 24.3 Å². The Labute approximate surface area is 203 Å². The van der Waals surface area contributed by atoms with E-state index in [4.69, 9.17) is 16.3 Å². The Hall–Kier alpha value is -2.26. The lowest BCUT2D eigenvalue weighted by Crippen LogP contribution is -2.19. The van der Waals surface area contributed by atoms with Crippen LogP contribution in [0, 0.1) is 0 Å². The van der Waals surface area contributed by atoms with E-state index in [1.807, 2.05) is 48.5 Å². The number of thioether (sulfide) groups is 1. The van der Waals surface area contributed by atoms with E-state index >= 15 is 0 Å². The number of carbonyl (C=O) groups is 2. The molecule has 5 nitrogen and oxygen atoms in total. The second-order valence-electron chi connectivity index (χ2n) is 5.44. The number of alkyl halides is 3. The van der Waals surface area contributed by atoms with Crippen LogP contribution >= 0.6 is 23.4 Å². The number of benzene rings is 1. The van der Waals surface area contributed by atoms with Gasteiger partial charge in [-0.05, 0) is 30.2 Å². The molecule has 1 atom stereocenters. The normalized spacial score (nSPS) is 10.6. The predicted molar refractivity (Wildman–Crippen MR) is 130 cm³/mol. The van der Waals surface area contributed by atoms with Crippen molar-refractivity contribution in [3.05, 3.63) is 52.7 Å². The molecular formula is C23H32ClF3N2O3S. The number of halogens is 4. The van der Waals surface area contributed by atoms with Gasteiger partial charge in [-0.1, -0.05) is 84.0 Å². The van der Waals surface area contributed by atoms with Crippen LogP contribution in [0.3, 0.4) is 0 Å². The smallest absolute Gasteiger partial charge is 0.417 e. The predicted octanol–water partition coefficient (Wildman–Crippen LogP) is 8.15. The average molecular weight is 509 g/mol. The lowest BCUT2D eigenvalue weighted by molar-refractivity contribution is -0.137. The third kappa shape index (κ3) is 13.1. The number of aromatic nitrogens is 1. The molecular weight excluding hydrogens is 477 g/mol. The third-order valence-electron chi connectivity index (χ3n) is 3.28. The van der Waals surface area contributed by atoms with Crippen LogP contribution in [0.5, 0.6) is 11.6 Å². The Morgan fingerprint density at radius 3 is 2.15 bits per heavy atom. The molecule has 0 aliphatic rings. The number of nitrogens with one attached hydrogen (secondary N) is 1. The van der Waals surface area contributed by atoms with Crippen molar-refractivity contribution in [2.45, 2.75) is 66.3 Å². The van der Waals surface area contributed by atoms with Gasteiger partial charge in [0.15, 0.2) is 0 Å². The molecule has 0 fully saturated rings. The number of amides is 2. The third-order valence-corrected chi connectivity index (χ3v) is 4.45. The summed E-state index contributed by atoms with van der Waals surface area (Å²) in [7, 11) is 0. The van der Waals surface area contributed by atoms with Crippen molar-refractivity contribution in [2.75, 3.05) is 0 Å². The van der Waals surface area contributed by atoms with Gasteiger partial charge in [-0.15, -0.1) is 0 Å². The van der Waals surface area contributed by atoms with Crippen LogP contribution in [-0.4, -0.2) is 21.9 Å². The molecule has 0 aliphatic carbocycles. The Kier molecular flexibility index (Phi) is 18.2. The summed E-state index contributed by atoms with van der Waals surface area (Å²) in [6, 6.07) is 7.49. The number of hydrogen-bond acceptors (Lipinski definition) is 5. The summed E-state index contributed by atoms with van der Waals surface area (Å²) in [5.74, 6) is 0.221. The molecule has 33 heavy (non-hydrogen) atoms. The number of ether oxygens (including phenoxy) is 1. The highest BCUT2D eigenvalue weighted by atomic mass is 35.5. The van der Waals surface area contributed by atoms with Crippen LogP contribution in [-0.2, 0) is 17.4 Å². The molecule has 2 amide bonds. The molecule has 1 aromatic heterocycles. The lowest BCUT2D eigenvalue weighted by Gasteiger charge is -2.12. The van der Waals surface area contributed by atoms with Gasteiger partial charge >= 0.3 is 6.18 Å². The number of rotatable bonds is 6. The quantitative estimate of drug-likeness (QED) is 0.398. The van der Waals surface area contributed by atoms with Crippen LogP contribution in [0.2, 0.25) is 5.02 Å². The van der Waals surface area contributed by atoms with E-state index in [1.165, 1.54) is 0 Å². The summed E-state index contributed by atoms with van der Waals surface area (Å²) < 4.78 is 43.3. The van der Waals surface area contributed by atoms with E-state index < -0.39 is 17.0 Å². The van der Waals surface area contributed by atoms with Gasteiger partial charge in [-0.2, -0.15) is 13.2 Å². The van der Waals surface area contributed by atoms with Crippen LogP contribution in [0.1, 0.15) is 59.6 Å². The second kappa shape index (κ2) is 18.2. The molecule has 1 unspecified atom stereocenters. The maximum absolute atomic E-state index is 12.6. The van der Waals surface area contributed by atoms with E-state index in [9.17, 15) is 22.8 Å². The largest absolute Gasteiger partial charge is 0.438 e. The van der Waals surface area contributed by atoms with Crippen LogP contribution in [0.25, 0.3) is 0 Å². The van der Waals surface area contributed by atoms with Crippen molar-refractivity contribution in [1.29, 1.82) is 0 Å². The van der Waals surface area contributed by atoms with Gasteiger partial charge in [0.2, 0.25) is 12.3 Å². The van der Waals surface area contributed by atoms with Crippen molar-refractivity contribution in [2.24, 2.45) is 0 Å². The number of imide groups is 1. The molecule has 2 rings (SSSR count). The van der Waals surface area contributed by atoms with Gasteiger partial charge in [0.1, 0.15) is 10.8 Å². The van der Waals surface area contributed by atoms with E-state index in [0.29, 0.717) is 24.8 Å². The first kappa shape index (κ1) is 32.9. The lowest BCUT2D eigenvalue weighted by atomic mass is 10.1. The van der Waals surface area contributed by atoms with Crippen molar-refractivity contribution < 1.29 is 27.5 Å². The monoisotopic (exact) mass is 508 g/mol. The Balaban J connectivity index is 0. The first-order valence-electron chi connectivity index (χ1n) is 10.6. The molecule has 1 N–H and O–H groups in total. The fraction of sp³-hybridized carbons (Fsp3) is 0.435. The van der Waals surface area contributed by atoms with Crippen molar-refractivity contribution in [1.82, 2.24) is 10.3 Å². The topological polar surface area (TPSA) is 68.3 Å². The van der Waals surface area contributed by atoms with Gasteiger partial charge in [-0.3, -0.25) is 14.9 Å². The maximum atomic E-state index is 12.6. The number of nitrogens with zero attached hydrogens (tertiary/aromatic N) is 1. The molecule has 0 radical (unpaired) electrons. The summed E-state index contributed by atoms with van der Waals surface area (Å²) >= 11 is 6.81. The minimum absolute atomic E-state index is 0.0669. The first-order chi connectivity index (χ1) is 15.7. The molecule has 0 bridgehead atoms. The molecule has 1 aromatic carbocycles. The molecule has 0 saturated heterocycles. The van der Waals surface area contributed by atoms with E-state index in [-0.39, 0.29) is 16.2 Å². The molecule has 0 saturated carbocycles. The summed E-state index contributed by atoms with van der Waals surface area (Å²) in [6.45, 7) is 13.8. The molecule has 10 heteroatoms. The highest BCUT2D eigenvalue weighted by molar-refractivity contribution is 8.14. The van der Waals surface area contributed by atoms with Crippen LogP contribution in [0.15, 0.2) is 36.5 Å². The van der Waals surface area contributed by atoms with Gasteiger partial charge in [0.05, 0.1) is 5.56 Å². The zero-order valence-corrected chi connectivity index (χ0v) is 21.5. The highest BCUT2D eigenvalue weighted by Gasteiger charge is 2.31. The fourth-order valence-corrected chi connectivity index (χ4v) is 3.06. The zero-order valence-electron chi connectivity index (χ0n) is 19.9.